The first-order valence-corrected chi connectivity index (χ1v) is 11.6. The van der Waals surface area contributed by atoms with Gasteiger partial charge in [-0.25, -0.2) is 4.98 Å². The molecule has 1 aromatic heterocycles. The summed E-state index contributed by atoms with van der Waals surface area (Å²) in [4.78, 5) is 11.5. The number of imidazole rings is 1. The van der Waals surface area contributed by atoms with Gasteiger partial charge in [-0.05, 0) is 36.9 Å². The average molecular weight is 559 g/mol. The fraction of sp³-hybridized carbons (Fsp3) is 0.385. The summed E-state index contributed by atoms with van der Waals surface area (Å²) in [7, 11) is 1.83. The Morgan fingerprint density at radius 2 is 1.76 bits per heavy atom. The number of nitrogens with one attached hydrogen (secondary N) is 2. The molecule has 0 amide bonds. The summed E-state index contributed by atoms with van der Waals surface area (Å²) in [5, 5.41) is 6.96. The van der Waals surface area contributed by atoms with E-state index in [4.69, 9.17) is 0 Å². The van der Waals surface area contributed by atoms with Gasteiger partial charge in [-0.2, -0.15) is 0 Å². The zero-order valence-corrected chi connectivity index (χ0v) is 21.7. The molecular formula is C26H35IN6. The van der Waals surface area contributed by atoms with Crippen molar-refractivity contribution in [2.24, 2.45) is 4.99 Å². The van der Waals surface area contributed by atoms with Gasteiger partial charge in [-0.15, -0.1) is 24.0 Å². The predicted octanol–water partition coefficient (Wildman–Crippen LogP) is 4.07. The minimum Gasteiger partial charge on any atom is -0.355 e. The summed E-state index contributed by atoms with van der Waals surface area (Å²) in [6.07, 6.45) is 7.40. The zero-order valence-electron chi connectivity index (χ0n) is 19.4. The van der Waals surface area contributed by atoms with Crippen LogP contribution in [0.1, 0.15) is 29.8 Å². The highest BCUT2D eigenvalue weighted by Crippen LogP contribution is 2.19. The van der Waals surface area contributed by atoms with Gasteiger partial charge >= 0.3 is 0 Å². The zero-order chi connectivity index (χ0) is 22.0. The number of hydrogen-bond donors (Lipinski definition) is 2. The molecule has 0 radical (unpaired) electrons. The molecule has 7 heteroatoms. The number of benzene rings is 2. The van der Waals surface area contributed by atoms with Gasteiger partial charge in [0, 0.05) is 45.1 Å². The molecule has 0 bridgehead atoms. The van der Waals surface area contributed by atoms with Crippen LogP contribution < -0.4 is 10.6 Å². The van der Waals surface area contributed by atoms with Crippen molar-refractivity contribution >= 4 is 29.9 Å². The van der Waals surface area contributed by atoms with Crippen molar-refractivity contribution in [3.8, 4) is 0 Å². The largest absolute Gasteiger partial charge is 0.355 e. The number of nitrogens with zero attached hydrogens (tertiary/aromatic N) is 4. The topological polar surface area (TPSA) is 57.5 Å². The van der Waals surface area contributed by atoms with Gasteiger partial charge < -0.3 is 15.2 Å². The van der Waals surface area contributed by atoms with E-state index in [9.17, 15) is 0 Å². The predicted molar refractivity (Wildman–Crippen MR) is 146 cm³/mol. The van der Waals surface area contributed by atoms with Gasteiger partial charge in [0.05, 0.1) is 6.54 Å². The molecular weight excluding hydrogens is 523 g/mol. The summed E-state index contributed by atoms with van der Waals surface area (Å²) in [6.45, 7) is 4.64. The Hall–Kier alpha value is -2.39. The second kappa shape index (κ2) is 13.3. The van der Waals surface area contributed by atoms with Crippen molar-refractivity contribution < 1.29 is 0 Å². The average Bonchev–Trinajstić information content (AvgIpc) is 3.48. The van der Waals surface area contributed by atoms with E-state index in [1.165, 1.54) is 24.0 Å². The molecule has 4 rings (SSSR count). The lowest BCUT2D eigenvalue weighted by molar-refractivity contribution is 0.245. The van der Waals surface area contributed by atoms with E-state index in [1.807, 2.05) is 13.2 Å². The number of hydrogen-bond acceptors (Lipinski definition) is 3. The summed E-state index contributed by atoms with van der Waals surface area (Å²) in [6, 6.07) is 21.8. The molecule has 1 atom stereocenters. The number of aryl methyl sites for hydroxylation is 2. The quantitative estimate of drug-likeness (QED) is 0.236. The van der Waals surface area contributed by atoms with Gasteiger partial charge in [0.25, 0.3) is 0 Å². The number of guanidine groups is 1. The molecule has 2 aromatic carbocycles. The first-order valence-electron chi connectivity index (χ1n) is 11.6. The molecule has 1 fully saturated rings. The van der Waals surface area contributed by atoms with Gasteiger partial charge in [-0.3, -0.25) is 9.89 Å². The number of aromatic nitrogens is 2. The third kappa shape index (κ3) is 7.57. The second-order valence-corrected chi connectivity index (χ2v) is 8.33. The van der Waals surface area contributed by atoms with Gasteiger partial charge in [0.1, 0.15) is 5.82 Å². The van der Waals surface area contributed by atoms with Crippen molar-refractivity contribution in [2.45, 2.75) is 44.9 Å². The summed E-state index contributed by atoms with van der Waals surface area (Å²) in [5.74, 6) is 1.85. The maximum atomic E-state index is 4.54. The summed E-state index contributed by atoms with van der Waals surface area (Å²) >= 11 is 0. The minimum atomic E-state index is 0. The molecule has 0 spiro atoms. The van der Waals surface area contributed by atoms with Crippen molar-refractivity contribution in [1.29, 1.82) is 0 Å². The molecule has 1 aliphatic heterocycles. The molecule has 176 valence electrons. The number of aliphatic imine (C=N–C) groups is 1. The molecule has 3 aromatic rings. The Bertz CT molecular complexity index is 973. The van der Waals surface area contributed by atoms with Crippen molar-refractivity contribution in [2.75, 3.05) is 20.1 Å². The van der Waals surface area contributed by atoms with Crippen LogP contribution in [0, 0.1) is 0 Å². The lowest BCUT2D eigenvalue weighted by atomic mass is 10.1. The van der Waals surface area contributed by atoms with E-state index < -0.39 is 0 Å². The van der Waals surface area contributed by atoms with Crippen LogP contribution in [-0.4, -0.2) is 46.6 Å². The molecule has 0 saturated carbocycles. The monoisotopic (exact) mass is 558 g/mol. The number of halogens is 1. The fourth-order valence-electron chi connectivity index (χ4n) is 4.36. The third-order valence-corrected chi connectivity index (χ3v) is 6.16. The Morgan fingerprint density at radius 3 is 2.48 bits per heavy atom. The fourth-order valence-corrected chi connectivity index (χ4v) is 4.36. The molecule has 1 saturated heterocycles. The highest BCUT2D eigenvalue weighted by atomic mass is 127. The molecule has 33 heavy (non-hydrogen) atoms. The molecule has 1 unspecified atom stereocenters. The van der Waals surface area contributed by atoms with Crippen molar-refractivity contribution in [3.05, 3.63) is 90.0 Å². The van der Waals surface area contributed by atoms with Crippen LogP contribution in [0.4, 0.5) is 0 Å². The van der Waals surface area contributed by atoms with Gasteiger partial charge in [0.2, 0.25) is 0 Å². The second-order valence-electron chi connectivity index (χ2n) is 8.33. The van der Waals surface area contributed by atoms with Crippen LogP contribution in [0.25, 0.3) is 0 Å². The van der Waals surface area contributed by atoms with E-state index in [0.29, 0.717) is 12.6 Å². The van der Waals surface area contributed by atoms with E-state index >= 15 is 0 Å². The smallest absolute Gasteiger partial charge is 0.191 e. The lowest BCUT2D eigenvalue weighted by Crippen LogP contribution is -2.44. The van der Waals surface area contributed by atoms with E-state index in [2.05, 4.69) is 96.9 Å². The van der Waals surface area contributed by atoms with Gasteiger partial charge in [-0.1, -0.05) is 60.7 Å². The van der Waals surface area contributed by atoms with Crippen molar-refractivity contribution in [3.63, 3.8) is 0 Å². The minimum absolute atomic E-state index is 0. The van der Waals surface area contributed by atoms with E-state index in [1.54, 1.807) is 0 Å². The Labute approximate surface area is 214 Å². The van der Waals surface area contributed by atoms with Crippen LogP contribution >= 0.6 is 24.0 Å². The first-order chi connectivity index (χ1) is 15.8. The van der Waals surface area contributed by atoms with Crippen LogP contribution in [0.5, 0.6) is 0 Å². The van der Waals surface area contributed by atoms with Crippen LogP contribution in [0.2, 0.25) is 0 Å². The molecule has 1 aliphatic rings. The number of likely N-dealkylation sites (tertiary alicyclic amines) is 1. The first kappa shape index (κ1) is 25.2. The van der Waals surface area contributed by atoms with E-state index in [-0.39, 0.29) is 24.0 Å². The third-order valence-electron chi connectivity index (χ3n) is 6.16. The Balaban J connectivity index is 0.00000306. The molecule has 2 heterocycles. The summed E-state index contributed by atoms with van der Waals surface area (Å²) < 4.78 is 2.21. The maximum absolute atomic E-state index is 4.54. The summed E-state index contributed by atoms with van der Waals surface area (Å²) in [5.41, 5.74) is 2.72. The highest BCUT2D eigenvalue weighted by molar-refractivity contribution is 14.0. The SMILES string of the molecule is CN=C(NCc1nccn1CCc1ccccc1)NCC1CCCN1Cc1ccccc1.I. The molecule has 6 nitrogen and oxygen atoms in total. The Kier molecular flexibility index (Phi) is 10.2. The van der Waals surface area contributed by atoms with Crippen LogP contribution in [0.3, 0.4) is 0 Å². The molecule has 2 N–H and O–H groups in total. The normalized spacial score (nSPS) is 16.4. The lowest BCUT2D eigenvalue weighted by Gasteiger charge is -2.25. The number of rotatable bonds is 9. The van der Waals surface area contributed by atoms with Crippen molar-refractivity contribution in [1.82, 2.24) is 25.1 Å². The van der Waals surface area contributed by atoms with Crippen LogP contribution in [0.15, 0.2) is 78.0 Å². The van der Waals surface area contributed by atoms with Crippen LogP contribution in [-0.2, 0) is 26.1 Å². The van der Waals surface area contributed by atoms with Gasteiger partial charge in [0.15, 0.2) is 5.96 Å². The van der Waals surface area contributed by atoms with E-state index in [0.717, 1.165) is 44.4 Å². The highest BCUT2D eigenvalue weighted by Gasteiger charge is 2.24. The maximum Gasteiger partial charge on any atom is 0.191 e. The standard InChI is InChI=1S/C26H34N6.HI/c1-27-26(29-19-24-13-8-16-32(24)21-23-11-6-3-7-12-23)30-20-25-28-15-18-31(25)17-14-22-9-4-2-5-10-22;/h2-7,9-12,15,18,24H,8,13-14,16-17,19-21H2,1H3,(H2,27,29,30);1H. The molecule has 0 aliphatic carbocycles. The Morgan fingerprint density at radius 1 is 1.03 bits per heavy atom.